The number of nitrogens with one attached hydrogen (secondary N) is 1. The van der Waals surface area contributed by atoms with Crippen LogP contribution >= 0.6 is 0 Å². The predicted molar refractivity (Wildman–Crippen MR) is 72.8 cm³/mol. The van der Waals surface area contributed by atoms with E-state index in [-0.39, 0.29) is 11.9 Å². The Kier molecular flexibility index (Phi) is 4.55. The summed E-state index contributed by atoms with van der Waals surface area (Å²) >= 11 is 0. The second kappa shape index (κ2) is 6.36. The highest BCUT2D eigenvalue weighted by Gasteiger charge is 2.34. The molecule has 2 rings (SSSR count). The van der Waals surface area contributed by atoms with Gasteiger partial charge in [-0.3, -0.25) is 14.3 Å². The van der Waals surface area contributed by atoms with Crippen LogP contribution in [0.3, 0.4) is 0 Å². The summed E-state index contributed by atoms with van der Waals surface area (Å²) in [4.78, 5) is 23.4. The second-order valence-corrected chi connectivity index (χ2v) is 5.13. The van der Waals surface area contributed by atoms with Crippen molar-refractivity contribution in [1.82, 2.24) is 15.1 Å². The van der Waals surface area contributed by atoms with Crippen molar-refractivity contribution in [3.63, 3.8) is 0 Å². The number of nitrogens with zero attached hydrogens (tertiary/aromatic N) is 2. The quantitative estimate of drug-likeness (QED) is 0.788. The zero-order chi connectivity index (χ0) is 14.5. The van der Waals surface area contributed by atoms with Gasteiger partial charge in [-0.05, 0) is 25.8 Å². The van der Waals surface area contributed by atoms with Crippen molar-refractivity contribution in [3.8, 4) is 0 Å². The van der Waals surface area contributed by atoms with E-state index in [0.29, 0.717) is 19.4 Å². The molecule has 1 heterocycles. The summed E-state index contributed by atoms with van der Waals surface area (Å²) in [5.41, 5.74) is 0. The topological polar surface area (TPSA) is 84.2 Å². The van der Waals surface area contributed by atoms with Gasteiger partial charge in [-0.15, -0.1) is 0 Å². The van der Waals surface area contributed by atoms with Gasteiger partial charge in [0.2, 0.25) is 5.91 Å². The van der Waals surface area contributed by atoms with Crippen LogP contribution in [0.1, 0.15) is 19.8 Å². The number of hydrogen-bond donors (Lipinski definition) is 2. The first-order valence-corrected chi connectivity index (χ1v) is 6.73. The van der Waals surface area contributed by atoms with Gasteiger partial charge in [-0.2, -0.15) is 5.10 Å². The van der Waals surface area contributed by atoms with Crippen LogP contribution in [-0.4, -0.2) is 32.8 Å². The van der Waals surface area contributed by atoms with Crippen LogP contribution in [0.4, 0.5) is 0 Å². The van der Waals surface area contributed by atoms with E-state index in [1.165, 1.54) is 0 Å². The van der Waals surface area contributed by atoms with E-state index in [0.717, 1.165) is 0 Å². The third-order valence-corrected chi connectivity index (χ3v) is 3.50. The number of amides is 1. The second-order valence-electron chi connectivity index (χ2n) is 5.13. The van der Waals surface area contributed by atoms with E-state index < -0.39 is 17.8 Å². The molecule has 0 radical (unpaired) electrons. The van der Waals surface area contributed by atoms with Crippen molar-refractivity contribution in [2.24, 2.45) is 11.8 Å². The maximum Gasteiger partial charge on any atom is 0.307 e. The number of hydrogen-bond acceptors (Lipinski definition) is 3. The number of aromatic nitrogens is 2. The van der Waals surface area contributed by atoms with Gasteiger partial charge in [0.25, 0.3) is 0 Å². The molecule has 1 aliphatic carbocycles. The molecule has 1 unspecified atom stereocenters. The van der Waals surface area contributed by atoms with Crippen molar-refractivity contribution in [2.75, 3.05) is 0 Å². The lowest BCUT2D eigenvalue weighted by atomic mass is 9.82. The highest BCUT2D eigenvalue weighted by atomic mass is 16.4. The van der Waals surface area contributed by atoms with E-state index >= 15 is 0 Å². The monoisotopic (exact) mass is 277 g/mol. The van der Waals surface area contributed by atoms with Crippen LogP contribution in [-0.2, 0) is 16.1 Å². The molecule has 108 valence electrons. The summed E-state index contributed by atoms with van der Waals surface area (Å²) in [5.74, 6) is -2.22. The Balaban J connectivity index is 1.93. The van der Waals surface area contributed by atoms with E-state index in [2.05, 4.69) is 10.4 Å². The van der Waals surface area contributed by atoms with E-state index in [9.17, 15) is 14.7 Å². The number of carbonyl (C=O) groups excluding carboxylic acids is 1. The fourth-order valence-corrected chi connectivity index (χ4v) is 2.46. The third-order valence-electron chi connectivity index (χ3n) is 3.50. The van der Waals surface area contributed by atoms with Crippen LogP contribution in [0.5, 0.6) is 0 Å². The Morgan fingerprint density at radius 3 is 2.70 bits per heavy atom. The SMILES string of the molecule is CC(Cn1cccn1)NC(=O)[C@@H]1CC=CC[C@@H]1C(=O)O. The Hall–Kier alpha value is -2.11. The molecule has 1 aliphatic rings. The Bertz CT molecular complexity index is 496. The zero-order valence-corrected chi connectivity index (χ0v) is 11.4. The summed E-state index contributed by atoms with van der Waals surface area (Å²) in [6, 6.07) is 1.73. The van der Waals surface area contributed by atoms with Crippen LogP contribution < -0.4 is 5.32 Å². The molecular weight excluding hydrogens is 258 g/mol. The van der Waals surface area contributed by atoms with Gasteiger partial charge in [-0.1, -0.05) is 12.2 Å². The fourth-order valence-electron chi connectivity index (χ4n) is 2.46. The smallest absolute Gasteiger partial charge is 0.307 e. The molecule has 0 aromatic carbocycles. The molecule has 0 fully saturated rings. The summed E-state index contributed by atoms with van der Waals surface area (Å²) in [7, 11) is 0. The van der Waals surface area contributed by atoms with Gasteiger partial charge in [0, 0.05) is 18.4 Å². The van der Waals surface area contributed by atoms with Gasteiger partial charge < -0.3 is 10.4 Å². The van der Waals surface area contributed by atoms with Crippen molar-refractivity contribution < 1.29 is 14.7 Å². The number of carbonyl (C=O) groups is 2. The van der Waals surface area contributed by atoms with E-state index in [4.69, 9.17) is 0 Å². The average Bonchev–Trinajstić information content (AvgIpc) is 2.91. The third kappa shape index (κ3) is 3.46. The van der Waals surface area contributed by atoms with Gasteiger partial charge in [-0.25, -0.2) is 0 Å². The molecule has 1 aromatic rings. The normalized spacial score (nSPS) is 23.2. The van der Waals surface area contributed by atoms with Gasteiger partial charge in [0.1, 0.15) is 0 Å². The molecule has 6 nitrogen and oxygen atoms in total. The highest BCUT2D eigenvalue weighted by molar-refractivity contribution is 5.85. The lowest BCUT2D eigenvalue weighted by Crippen LogP contribution is -2.43. The molecule has 0 saturated carbocycles. The number of carboxylic acids is 1. The molecule has 3 atom stereocenters. The lowest BCUT2D eigenvalue weighted by molar-refractivity contribution is -0.147. The largest absolute Gasteiger partial charge is 0.481 e. The number of rotatable bonds is 5. The molecule has 0 bridgehead atoms. The van der Waals surface area contributed by atoms with Gasteiger partial charge in [0.05, 0.1) is 18.4 Å². The van der Waals surface area contributed by atoms with Crippen LogP contribution in [0.15, 0.2) is 30.6 Å². The first kappa shape index (κ1) is 14.3. The highest BCUT2D eigenvalue weighted by Crippen LogP contribution is 2.26. The number of allylic oxidation sites excluding steroid dienone is 2. The van der Waals surface area contributed by atoms with Crippen LogP contribution in [0.2, 0.25) is 0 Å². The zero-order valence-electron chi connectivity index (χ0n) is 11.4. The Morgan fingerprint density at radius 2 is 2.10 bits per heavy atom. The summed E-state index contributed by atoms with van der Waals surface area (Å²) in [6.45, 7) is 2.45. The minimum absolute atomic E-state index is 0.0947. The van der Waals surface area contributed by atoms with Gasteiger partial charge in [0.15, 0.2) is 0 Å². The summed E-state index contributed by atoms with van der Waals surface area (Å²) in [5, 5.41) is 16.1. The minimum Gasteiger partial charge on any atom is -0.481 e. The molecule has 0 aliphatic heterocycles. The van der Waals surface area contributed by atoms with E-state index in [1.54, 1.807) is 10.9 Å². The Morgan fingerprint density at radius 1 is 1.40 bits per heavy atom. The minimum atomic E-state index is -0.908. The van der Waals surface area contributed by atoms with Crippen molar-refractivity contribution in [3.05, 3.63) is 30.6 Å². The summed E-state index contributed by atoms with van der Waals surface area (Å²) in [6.07, 6.45) is 8.11. The maximum absolute atomic E-state index is 12.2. The van der Waals surface area contributed by atoms with Crippen LogP contribution in [0.25, 0.3) is 0 Å². The van der Waals surface area contributed by atoms with Crippen molar-refractivity contribution >= 4 is 11.9 Å². The molecule has 0 spiro atoms. The molecule has 20 heavy (non-hydrogen) atoms. The Labute approximate surface area is 117 Å². The predicted octanol–water partition coefficient (Wildman–Crippen LogP) is 1.05. The summed E-state index contributed by atoms with van der Waals surface area (Å²) < 4.78 is 1.74. The first-order chi connectivity index (χ1) is 9.58. The average molecular weight is 277 g/mol. The first-order valence-electron chi connectivity index (χ1n) is 6.73. The molecule has 1 aromatic heterocycles. The van der Waals surface area contributed by atoms with E-state index in [1.807, 2.05) is 31.3 Å². The van der Waals surface area contributed by atoms with Crippen LogP contribution in [0, 0.1) is 11.8 Å². The number of aliphatic carboxylic acids is 1. The van der Waals surface area contributed by atoms with Gasteiger partial charge >= 0.3 is 5.97 Å². The molecule has 6 heteroatoms. The fraction of sp³-hybridized carbons (Fsp3) is 0.500. The molecule has 2 N–H and O–H groups in total. The molecule has 0 saturated heterocycles. The number of carboxylic acid groups (broad SMARTS) is 1. The molecular formula is C14H19N3O3. The standard InChI is InChI=1S/C14H19N3O3/c1-10(9-17-8-4-7-15-17)16-13(18)11-5-2-3-6-12(11)14(19)20/h2-4,7-8,10-12H,5-6,9H2,1H3,(H,16,18)(H,19,20)/t10?,11-,12+/m1/s1. The maximum atomic E-state index is 12.2. The molecule has 1 amide bonds. The van der Waals surface area contributed by atoms with Crippen molar-refractivity contribution in [2.45, 2.75) is 32.4 Å². The van der Waals surface area contributed by atoms with Crippen molar-refractivity contribution in [1.29, 1.82) is 0 Å². The lowest BCUT2D eigenvalue weighted by Gasteiger charge is -2.26.